The van der Waals surface area contributed by atoms with Crippen molar-refractivity contribution in [2.75, 3.05) is 34.2 Å². The van der Waals surface area contributed by atoms with Gasteiger partial charge in [-0.25, -0.2) is 0 Å². The largest absolute Gasteiger partial charge is 0.485 e. The first-order valence-electron chi connectivity index (χ1n) is 14.2. The zero-order valence-electron chi connectivity index (χ0n) is 26.0. The molecule has 1 unspecified atom stereocenters. The lowest BCUT2D eigenvalue weighted by molar-refractivity contribution is -0.117. The summed E-state index contributed by atoms with van der Waals surface area (Å²) in [6, 6.07) is 5.70. The molecule has 1 atom stereocenters. The van der Waals surface area contributed by atoms with E-state index in [1.54, 1.807) is 11.6 Å². The number of hydrogen-bond acceptors (Lipinski definition) is 8. The van der Waals surface area contributed by atoms with Crippen molar-refractivity contribution in [2.24, 2.45) is 7.05 Å². The summed E-state index contributed by atoms with van der Waals surface area (Å²) < 4.78 is 12.8. The standard InChI is InChI=1S/C29H39N7O3.C2H6/c1-19-8-9-25(35(6)11-10-34(4)5)15-27(19)29(37)31-20(2)22-12-23(24-16-30-36(7)17-24)14-26(13-22)38-18-28-32-21(3)39-33-28;1-2/h12-17,20H,8-11,18H2,1-7H3,(H,31,37);1-2H3. The van der Waals surface area contributed by atoms with Crippen LogP contribution in [0.2, 0.25) is 0 Å². The maximum absolute atomic E-state index is 13.5. The van der Waals surface area contributed by atoms with Gasteiger partial charge in [0, 0.05) is 57.1 Å². The third kappa shape index (κ3) is 8.78. The number of aromatic nitrogens is 4. The number of nitrogens with zero attached hydrogens (tertiary/aromatic N) is 6. The molecular formula is C31H45N7O3. The van der Waals surface area contributed by atoms with Crippen molar-refractivity contribution in [3.05, 3.63) is 70.8 Å². The average molecular weight is 564 g/mol. The summed E-state index contributed by atoms with van der Waals surface area (Å²) in [6.45, 7) is 11.8. The van der Waals surface area contributed by atoms with Crippen LogP contribution < -0.4 is 10.1 Å². The number of allylic oxidation sites excluding steroid dienone is 2. The van der Waals surface area contributed by atoms with Gasteiger partial charge in [-0.2, -0.15) is 10.1 Å². The van der Waals surface area contributed by atoms with Crippen LogP contribution in [0.25, 0.3) is 11.1 Å². The van der Waals surface area contributed by atoms with Gasteiger partial charge < -0.3 is 24.4 Å². The summed E-state index contributed by atoms with van der Waals surface area (Å²) >= 11 is 0. The minimum absolute atomic E-state index is 0.0743. The minimum atomic E-state index is -0.255. The van der Waals surface area contributed by atoms with Crippen molar-refractivity contribution in [1.29, 1.82) is 0 Å². The number of aryl methyl sites for hydroxylation is 2. The highest BCUT2D eigenvalue weighted by molar-refractivity contribution is 5.97. The normalized spacial score (nSPS) is 13.9. The molecule has 3 aromatic rings. The molecule has 0 saturated heterocycles. The number of amides is 1. The van der Waals surface area contributed by atoms with Crippen molar-refractivity contribution in [2.45, 2.75) is 60.1 Å². The first-order valence-corrected chi connectivity index (χ1v) is 14.2. The van der Waals surface area contributed by atoms with Crippen molar-refractivity contribution in [1.82, 2.24) is 35.0 Å². The van der Waals surface area contributed by atoms with Crippen LogP contribution in [0.4, 0.5) is 0 Å². The van der Waals surface area contributed by atoms with E-state index in [1.807, 2.05) is 65.3 Å². The molecule has 4 rings (SSSR count). The summed E-state index contributed by atoms with van der Waals surface area (Å²) in [5.41, 5.74) is 5.85. The molecule has 1 aliphatic rings. The Kier molecular flexibility index (Phi) is 11.3. The highest BCUT2D eigenvalue weighted by Gasteiger charge is 2.21. The van der Waals surface area contributed by atoms with Crippen LogP contribution in [0.3, 0.4) is 0 Å². The van der Waals surface area contributed by atoms with E-state index >= 15 is 0 Å². The van der Waals surface area contributed by atoms with Crippen LogP contribution >= 0.6 is 0 Å². The fraction of sp³-hybridized carbons (Fsp3) is 0.484. The number of rotatable bonds is 11. The summed E-state index contributed by atoms with van der Waals surface area (Å²) in [5, 5.41) is 11.4. The number of nitrogens with one attached hydrogen (secondary N) is 1. The molecule has 0 aliphatic heterocycles. The lowest BCUT2D eigenvalue weighted by atomic mass is 9.94. The molecule has 41 heavy (non-hydrogen) atoms. The third-order valence-corrected chi connectivity index (χ3v) is 6.90. The van der Waals surface area contributed by atoms with E-state index in [4.69, 9.17) is 9.26 Å². The fourth-order valence-electron chi connectivity index (χ4n) is 4.46. The molecule has 0 radical (unpaired) electrons. The van der Waals surface area contributed by atoms with Crippen LogP contribution in [0.1, 0.15) is 63.9 Å². The van der Waals surface area contributed by atoms with E-state index in [0.717, 1.165) is 53.8 Å². The van der Waals surface area contributed by atoms with Crippen LogP contribution in [0, 0.1) is 6.92 Å². The van der Waals surface area contributed by atoms with Gasteiger partial charge in [-0.3, -0.25) is 9.48 Å². The van der Waals surface area contributed by atoms with Gasteiger partial charge in [0.2, 0.25) is 11.7 Å². The van der Waals surface area contributed by atoms with Crippen LogP contribution in [-0.4, -0.2) is 69.9 Å². The number of likely N-dealkylation sites (N-methyl/N-ethyl adjacent to an activating group) is 2. The maximum atomic E-state index is 13.5. The number of hydrogen-bond donors (Lipinski definition) is 1. The molecule has 1 aliphatic carbocycles. The summed E-state index contributed by atoms with van der Waals surface area (Å²) in [5.74, 6) is 1.53. The molecule has 2 aromatic heterocycles. The zero-order chi connectivity index (χ0) is 30.1. The van der Waals surface area contributed by atoms with Gasteiger partial charge in [-0.1, -0.05) is 24.6 Å². The average Bonchev–Trinajstić information content (AvgIpc) is 3.59. The van der Waals surface area contributed by atoms with Crippen LogP contribution in [0.15, 0.2) is 58.0 Å². The van der Waals surface area contributed by atoms with Crippen molar-refractivity contribution < 1.29 is 14.1 Å². The molecule has 0 saturated carbocycles. The van der Waals surface area contributed by atoms with E-state index in [9.17, 15) is 4.79 Å². The molecule has 0 spiro atoms. The Hall–Kier alpha value is -3.92. The number of ether oxygens (including phenoxy) is 1. The minimum Gasteiger partial charge on any atom is -0.485 e. The van der Waals surface area contributed by atoms with Gasteiger partial charge in [0.1, 0.15) is 5.75 Å². The fourth-order valence-corrected chi connectivity index (χ4v) is 4.46. The second-order valence-electron chi connectivity index (χ2n) is 10.5. The molecule has 1 amide bonds. The number of carbonyl (C=O) groups is 1. The monoisotopic (exact) mass is 563 g/mol. The zero-order valence-corrected chi connectivity index (χ0v) is 26.0. The second kappa shape index (κ2) is 14.6. The molecule has 10 nitrogen and oxygen atoms in total. The van der Waals surface area contributed by atoms with Crippen LogP contribution in [0.5, 0.6) is 5.75 Å². The van der Waals surface area contributed by atoms with Gasteiger partial charge in [-0.05, 0) is 76.2 Å². The van der Waals surface area contributed by atoms with E-state index in [1.165, 1.54) is 5.70 Å². The molecule has 0 fully saturated rings. The lowest BCUT2D eigenvalue weighted by Gasteiger charge is -2.28. The Morgan fingerprint density at radius 1 is 1.12 bits per heavy atom. The Labute approximate surface area is 244 Å². The molecule has 222 valence electrons. The Bertz CT molecular complexity index is 1370. The van der Waals surface area contributed by atoms with E-state index in [2.05, 4.69) is 57.6 Å². The second-order valence-corrected chi connectivity index (χ2v) is 10.5. The van der Waals surface area contributed by atoms with Crippen LogP contribution in [-0.2, 0) is 18.4 Å². The highest BCUT2D eigenvalue weighted by atomic mass is 16.5. The Morgan fingerprint density at radius 2 is 1.88 bits per heavy atom. The van der Waals surface area contributed by atoms with Crippen molar-refractivity contribution >= 4 is 5.91 Å². The van der Waals surface area contributed by atoms with E-state index < -0.39 is 0 Å². The lowest BCUT2D eigenvalue weighted by Crippen LogP contribution is -2.31. The quantitative estimate of drug-likeness (QED) is 0.346. The first-order chi connectivity index (χ1) is 19.6. The van der Waals surface area contributed by atoms with Gasteiger partial charge in [0.15, 0.2) is 6.61 Å². The van der Waals surface area contributed by atoms with Gasteiger partial charge in [0.25, 0.3) is 5.91 Å². The predicted molar refractivity (Wildman–Crippen MR) is 161 cm³/mol. The van der Waals surface area contributed by atoms with E-state index in [-0.39, 0.29) is 18.6 Å². The summed E-state index contributed by atoms with van der Waals surface area (Å²) in [6.07, 6.45) is 7.62. The number of benzene rings is 1. The van der Waals surface area contributed by atoms with Gasteiger partial charge in [0.05, 0.1) is 12.2 Å². The maximum Gasteiger partial charge on any atom is 0.251 e. The molecular weight excluding hydrogens is 518 g/mol. The summed E-state index contributed by atoms with van der Waals surface area (Å²) in [7, 11) is 8.11. The Balaban J connectivity index is 0.00000226. The van der Waals surface area contributed by atoms with Gasteiger partial charge >= 0.3 is 0 Å². The molecule has 1 N–H and O–H groups in total. The first kappa shape index (κ1) is 31.6. The predicted octanol–water partition coefficient (Wildman–Crippen LogP) is 5.05. The molecule has 0 bridgehead atoms. The Morgan fingerprint density at radius 3 is 2.51 bits per heavy atom. The smallest absolute Gasteiger partial charge is 0.251 e. The van der Waals surface area contributed by atoms with E-state index in [0.29, 0.717) is 17.5 Å². The SMILES string of the molecule is CC.CC1=C(C(=O)NC(C)c2cc(OCc3noc(C)n3)cc(-c3cnn(C)c3)c2)C=C(N(C)CCN(C)C)CC1. The summed E-state index contributed by atoms with van der Waals surface area (Å²) in [4.78, 5) is 22.1. The highest BCUT2D eigenvalue weighted by Crippen LogP contribution is 2.30. The molecule has 2 heterocycles. The number of carbonyl (C=O) groups excluding carboxylic acids is 1. The van der Waals surface area contributed by atoms with Crippen molar-refractivity contribution in [3.63, 3.8) is 0 Å². The molecule has 10 heteroatoms. The molecule has 1 aromatic carbocycles. The topological polar surface area (TPSA) is 102 Å². The van der Waals surface area contributed by atoms with Gasteiger partial charge in [-0.15, -0.1) is 0 Å². The van der Waals surface area contributed by atoms with Crippen molar-refractivity contribution in [3.8, 4) is 16.9 Å². The third-order valence-electron chi connectivity index (χ3n) is 6.90.